The number of esters is 1. The molecule has 1 N–H and O–H groups in total. The molecule has 1 saturated carbocycles. The monoisotopic (exact) mass is 276 g/mol. The van der Waals surface area contributed by atoms with E-state index in [0.717, 1.165) is 12.8 Å². The molecule has 1 aromatic rings. The Morgan fingerprint density at radius 3 is 2.50 bits per heavy atom. The molecule has 1 aliphatic carbocycles. The summed E-state index contributed by atoms with van der Waals surface area (Å²) in [5.74, 6) is -0.356. The zero-order chi connectivity index (χ0) is 14.9. The normalized spacial score (nSPS) is 14.9. The van der Waals surface area contributed by atoms with Gasteiger partial charge in [0.25, 0.3) is 0 Å². The number of ketones is 1. The van der Waals surface area contributed by atoms with Crippen molar-refractivity contribution in [2.75, 3.05) is 6.61 Å². The molecule has 1 aromatic carbocycles. The van der Waals surface area contributed by atoms with E-state index in [-0.39, 0.29) is 23.4 Å². The summed E-state index contributed by atoms with van der Waals surface area (Å²) in [6.07, 6.45) is 1.79. The van der Waals surface area contributed by atoms with Gasteiger partial charge in [0.2, 0.25) is 0 Å². The van der Waals surface area contributed by atoms with Crippen molar-refractivity contribution < 1.29 is 19.4 Å². The van der Waals surface area contributed by atoms with E-state index in [0.29, 0.717) is 17.7 Å². The van der Waals surface area contributed by atoms with Gasteiger partial charge >= 0.3 is 5.97 Å². The van der Waals surface area contributed by atoms with E-state index in [1.165, 1.54) is 6.07 Å². The number of phenols is 1. The van der Waals surface area contributed by atoms with Crippen molar-refractivity contribution in [3.63, 3.8) is 0 Å². The van der Waals surface area contributed by atoms with Gasteiger partial charge in [-0.2, -0.15) is 0 Å². The second-order valence-electron chi connectivity index (χ2n) is 5.72. The first kappa shape index (κ1) is 14.6. The van der Waals surface area contributed by atoms with Gasteiger partial charge in [-0.1, -0.05) is 6.07 Å². The zero-order valence-electron chi connectivity index (χ0n) is 12.1. The number of carbonyl (C=O) groups is 2. The van der Waals surface area contributed by atoms with E-state index in [9.17, 15) is 14.7 Å². The molecule has 0 aromatic heterocycles. The minimum absolute atomic E-state index is 0.0111. The lowest BCUT2D eigenvalue weighted by Gasteiger charge is -2.23. The van der Waals surface area contributed by atoms with Crippen LogP contribution in [0.4, 0.5) is 0 Å². The first-order chi connectivity index (χ1) is 9.37. The Hall–Kier alpha value is -1.84. The predicted octanol–water partition coefficient (Wildman–Crippen LogP) is 2.83. The predicted molar refractivity (Wildman–Crippen MR) is 74.8 cm³/mol. The van der Waals surface area contributed by atoms with Gasteiger partial charge in [-0.25, -0.2) is 0 Å². The van der Waals surface area contributed by atoms with Crippen molar-refractivity contribution in [2.24, 2.45) is 5.92 Å². The van der Waals surface area contributed by atoms with Crippen LogP contribution in [0.25, 0.3) is 0 Å². The van der Waals surface area contributed by atoms with Crippen LogP contribution in [0, 0.1) is 5.92 Å². The lowest BCUT2D eigenvalue weighted by Crippen LogP contribution is -2.31. The van der Waals surface area contributed by atoms with Gasteiger partial charge in [0.15, 0.2) is 5.78 Å². The van der Waals surface area contributed by atoms with E-state index in [4.69, 9.17) is 4.74 Å². The van der Waals surface area contributed by atoms with Gasteiger partial charge in [-0.3, -0.25) is 9.59 Å². The number of carbonyl (C=O) groups excluding carboxylic acids is 2. The third-order valence-electron chi connectivity index (χ3n) is 3.72. The van der Waals surface area contributed by atoms with Gasteiger partial charge in [0.1, 0.15) is 5.75 Å². The number of ether oxygens (including phenoxy) is 1. The topological polar surface area (TPSA) is 63.6 Å². The highest BCUT2D eigenvalue weighted by atomic mass is 16.5. The van der Waals surface area contributed by atoms with Crippen LogP contribution in [-0.4, -0.2) is 23.5 Å². The highest BCUT2D eigenvalue weighted by Gasteiger charge is 2.34. The summed E-state index contributed by atoms with van der Waals surface area (Å²) in [5.41, 5.74) is 0.131. The molecule has 0 unspecified atom stereocenters. The third-order valence-corrected chi connectivity index (χ3v) is 3.72. The second kappa shape index (κ2) is 5.27. The SMILES string of the molecule is CCOC(=O)C(C)(C)c1ccc(C(=O)C2CC2)c(O)c1. The number of hydrogen-bond donors (Lipinski definition) is 1. The van der Waals surface area contributed by atoms with Crippen LogP contribution in [-0.2, 0) is 14.9 Å². The summed E-state index contributed by atoms with van der Waals surface area (Å²) in [7, 11) is 0. The Morgan fingerprint density at radius 1 is 1.35 bits per heavy atom. The van der Waals surface area contributed by atoms with Crippen molar-refractivity contribution in [3.8, 4) is 5.75 Å². The van der Waals surface area contributed by atoms with Gasteiger partial charge < -0.3 is 9.84 Å². The van der Waals surface area contributed by atoms with E-state index >= 15 is 0 Å². The van der Waals surface area contributed by atoms with Gasteiger partial charge in [0.05, 0.1) is 17.6 Å². The van der Waals surface area contributed by atoms with Crippen LogP contribution < -0.4 is 0 Å². The molecular weight excluding hydrogens is 256 g/mol. The standard InChI is InChI=1S/C16H20O4/c1-4-20-15(19)16(2,3)11-7-8-12(13(17)9-11)14(18)10-5-6-10/h7-10,17H,4-6H2,1-3H3. The van der Waals surface area contributed by atoms with E-state index in [1.807, 2.05) is 0 Å². The molecule has 1 aliphatic rings. The molecular formula is C16H20O4. The number of aromatic hydroxyl groups is 1. The Bertz CT molecular complexity index is 541. The van der Waals surface area contributed by atoms with Crippen molar-refractivity contribution in [2.45, 2.75) is 39.0 Å². The fraction of sp³-hybridized carbons (Fsp3) is 0.500. The van der Waals surface area contributed by atoms with E-state index < -0.39 is 5.41 Å². The molecule has 4 nitrogen and oxygen atoms in total. The lowest BCUT2D eigenvalue weighted by atomic mass is 9.83. The van der Waals surface area contributed by atoms with Gasteiger partial charge in [0, 0.05) is 5.92 Å². The molecule has 0 amide bonds. The summed E-state index contributed by atoms with van der Waals surface area (Å²) in [6, 6.07) is 4.81. The smallest absolute Gasteiger partial charge is 0.315 e. The Balaban J connectivity index is 2.28. The van der Waals surface area contributed by atoms with Gasteiger partial charge in [-0.15, -0.1) is 0 Å². The number of hydrogen-bond acceptors (Lipinski definition) is 4. The minimum atomic E-state index is -0.853. The summed E-state index contributed by atoms with van der Waals surface area (Å²) in [5, 5.41) is 10.0. The molecule has 0 atom stereocenters. The Kier molecular flexibility index (Phi) is 3.84. The average molecular weight is 276 g/mol. The maximum atomic E-state index is 12.0. The molecule has 1 fully saturated rings. The summed E-state index contributed by atoms with van der Waals surface area (Å²) in [4.78, 5) is 23.9. The summed E-state index contributed by atoms with van der Waals surface area (Å²) in [6.45, 7) is 5.54. The first-order valence-corrected chi connectivity index (χ1v) is 6.92. The maximum Gasteiger partial charge on any atom is 0.315 e. The fourth-order valence-electron chi connectivity index (χ4n) is 2.12. The van der Waals surface area contributed by atoms with E-state index in [2.05, 4.69) is 0 Å². The number of Topliss-reactive ketones (excluding diaryl/α,β-unsaturated/α-hetero) is 1. The molecule has 0 saturated heterocycles. The Morgan fingerprint density at radius 2 is 2.00 bits per heavy atom. The van der Waals surface area contributed by atoms with E-state index in [1.54, 1.807) is 32.9 Å². The third kappa shape index (κ3) is 2.69. The van der Waals surface area contributed by atoms with Crippen molar-refractivity contribution in [3.05, 3.63) is 29.3 Å². The first-order valence-electron chi connectivity index (χ1n) is 6.92. The van der Waals surface area contributed by atoms with Crippen molar-refractivity contribution >= 4 is 11.8 Å². The van der Waals surface area contributed by atoms with Crippen LogP contribution in [0.2, 0.25) is 0 Å². The lowest BCUT2D eigenvalue weighted by molar-refractivity contribution is -0.148. The minimum Gasteiger partial charge on any atom is -0.507 e. The van der Waals surface area contributed by atoms with Crippen molar-refractivity contribution in [1.29, 1.82) is 0 Å². The van der Waals surface area contributed by atoms with Crippen LogP contribution >= 0.6 is 0 Å². The molecule has 2 rings (SSSR count). The summed E-state index contributed by atoms with van der Waals surface area (Å²) < 4.78 is 5.04. The van der Waals surface area contributed by atoms with Crippen LogP contribution in [0.15, 0.2) is 18.2 Å². The fourth-order valence-corrected chi connectivity index (χ4v) is 2.12. The highest BCUT2D eigenvalue weighted by Crippen LogP contribution is 2.36. The average Bonchev–Trinajstić information content (AvgIpc) is 3.22. The summed E-state index contributed by atoms with van der Waals surface area (Å²) >= 11 is 0. The largest absolute Gasteiger partial charge is 0.507 e. The molecule has 0 bridgehead atoms. The molecule has 0 spiro atoms. The van der Waals surface area contributed by atoms with Gasteiger partial charge in [-0.05, 0) is 51.3 Å². The van der Waals surface area contributed by atoms with Crippen molar-refractivity contribution in [1.82, 2.24) is 0 Å². The number of rotatable bonds is 5. The highest BCUT2D eigenvalue weighted by molar-refractivity contribution is 6.01. The number of phenolic OH excluding ortho intramolecular Hbond substituents is 1. The van der Waals surface area contributed by atoms with Crippen LogP contribution in [0.1, 0.15) is 49.5 Å². The molecule has 0 heterocycles. The zero-order valence-corrected chi connectivity index (χ0v) is 12.1. The molecule has 0 aliphatic heterocycles. The maximum absolute atomic E-state index is 12.0. The number of benzene rings is 1. The quantitative estimate of drug-likeness (QED) is 0.663. The van der Waals surface area contributed by atoms with Crippen LogP contribution in [0.3, 0.4) is 0 Å². The second-order valence-corrected chi connectivity index (χ2v) is 5.72. The molecule has 108 valence electrons. The molecule has 20 heavy (non-hydrogen) atoms. The Labute approximate surface area is 118 Å². The van der Waals surface area contributed by atoms with Crippen LogP contribution in [0.5, 0.6) is 5.75 Å². The molecule has 4 heteroatoms. The molecule has 0 radical (unpaired) electrons.